The molecule has 2 aromatic heterocycles. The third kappa shape index (κ3) is 4.24. The van der Waals surface area contributed by atoms with Crippen LogP contribution in [0.1, 0.15) is 20.9 Å². The molecule has 0 fully saturated rings. The highest BCUT2D eigenvalue weighted by atomic mass is 32.2. The molecule has 3 N–H and O–H groups in total. The molecule has 0 saturated carbocycles. The van der Waals surface area contributed by atoms with Crippen molar-refractivity contribution in [3.63, 3.8) is 0 Å². The maximum absolute atomic E-state index is 13.6. The molecule has 2 heterocycles. The number of para-hydroxylation sites is 1. The van der Waals surface area contributed by atoms with Gasteiger partial charge in [0.1, 0.15) is 4.21 Å². The zero-order valence-electron chi connectivity index (χ0n) is 14.0. The van der Waals surface area contributed by atoms with E-state index in [2.05, 4.69) is 10.4 Å². The average molecular weight is 430 g/mol. The number of carbonyl (C=O) groups excluding carboxylic acids is 1. The van der Waals surface area contributed by atoms with Crippen LogP contribution in [0, 0.1) is 0 Å². The number of primary sulfonamides is 1. The van der Waals surface area contributed by atoms with Crippen molar-refractivity contribution in [3.8, 4) is 5.69 Å². The van der Waals surface area contributed by atoms with Crippen molar-refractivity contribution in [2.24, 2.45) is 5.14 Å². The third-order valence-electron chi connectivity index (χ3n) is 3.62. The van der Waals surface area contributed by atoms with E-state index in [4.69, 9.17) is 5.14 Å². The van der Waals surface area contributed by atoms with Gasteiger partial charge in [-0.1, -0.05) is 18.2 Å². The molecule has 1 amide bonds. The number of nitrogens with one attached hydrogen (secondary N) is 1. The molecule has 0 saturated heterocycles. The van der Waals surface area contributed by atoms with Gasteiger partial charge in [-0.2, -0.15) is 18.3 Å². The Morgan fingerprint density at radius 1 is 1.18 bits per heavy atom. The standard InChI is InChI=1S/C16H13F3N4O3S2/c17-16(18,19)14-12(9-22-23(14)10-4-2-1-3-5-10)15(24)21-8-11-6-7-13(27-11)28(20,25)26/h1-7,9H,8H2,(H,21,24)(H2,20,25,26). The summed E-state index contributed by atoms with van der Waals surface area (Å²) in [5.41, 5.74) is -1.68. The molecule has 0 unspecified atom stereocenters. The number of thiophene rings is 1. The zero-order chi connectivity index (χ0) is 20.5. The van der Waals surface area contributed by atoms with Crippen LogP contribution in [0.25, 0.3) is 5.69 Å². The fraction of sp³-hybridized carbons (Fsp3) is 0.125. The molecule has 12 heteroatoms. The van der Waals surface area contributed by atoms with Gasteiger partial charge in [0.05, 0.1) is 24.0 Å². The highest BCUT2D eigenvalue weighted by Crippen LogP contribution is 2.33. The fourth-order valence-electron chi connectivity index (χ4n) is 2.42. The molecule has 0 atom stereocenters. The summed E-state index contributed by atoms with van der Waals surface area (Å²) in [7, 11) is -3.88. The van der Waals surface area contributed by atoms with Crippen molar-refractivity contribution in [3.05, 3.63) is 64.8 Å². The molecule has 3 aromatic rings. The van der Waals surface area contributed by atoms with E-state index in [0.717, 1.165) is 17.5 Å². The third-order valence-corrected chi connectivity index (χ3v) is 6.15. The first-order chi connectivity index (χ1) is 13.1. The second-order valence-electron chi connectivity index (χ2n) is 5.60. The minimum Gasteiger partial charge on any atom is -0.347 e. The van der Waals surface area contributed by atoms with Crippen LogP contribution in [0.15, 0.2) is 52.9 Å². The van der Waals surface area contributed by atoms with Gasteiger partial charge in [0.25, 0.3) is 5.91 Å². The molecule has 0 radical (unpaired) electrons. The van der Waals surface area contributed by atoms with Crippen molar-refractivity contribution in [1.29, 1.82) is 0 Å². The molecule has 148 valence electrons. The smallest absolute Gasteiger partial charge is 0.347 e. The Morgan fingerprint density at radius 3 is 2.43 bits per heavy atom. The topological polar surface area (TPSA) is 107 Å². The molecule has 0 bridgehead atoms. The average Bonchev–Trinajstić information content (AvgIpc) is 3.27. The SMILES string of the molecule is NS(=O)(=O)c1ccc(CNC(=O)c2cnn(-c3ccccc3)c2C(F)(F)F)s1. The van der Waals surface area contributed by atoms with Crippen molar-refractivity contribution in [1.82, 2.24) is 15.1 Å². The van der Waals surface area contributed by atoms with E-state index < -0.39 is 33.4 Å². The summed E-state index contributed by atoms with van der Waals surface area (Å²) < 4.78 is 63.8. The van der Waals surface area contributed by atoms with Crippen LogP contribution in [0.3, 0.4) is 0 Å². The van der Waals surface area contributed by atoms with Gasteiger partial charge in [0.15, 0.2) is 5.69 Å². The van der Waals surface area contributed by atoms with Gasteiger partial charge in [0, 0.05) is 4.88 Å². The molecule has 3 rings (SSSR count). The lowest BCUT2D eigenvalue weighted by Gasteiger charge is -2.12. The van der Waals surface area contributed by atoms with E-state index in [0.29, 0.717) is 9.56 Å². The summed E-state index contributed by atoms with van der Waals surface area (Å²) in [6.07, 6.45) is -3.97. The summed E-state index contributed by atoms with van der Waals surface area (Å²) in [5.74, 6) is -0.986. The van der Waals surface area contributed by atoms with E-state index in [9.17, 15) is 26.4 Å². The van der Waals surface area contributed by atoms with Gasteiger partial charge >= 0.3 is 6.18 Å². The fourth-order valence-corrected chi connectivity index (χ4v) is 4.14. The number of nitrogens with two attached hydrogens (primary N) is 1. The van der Waals surface area contributed by atoms with Crippen LogP contribution < -0.4 is 10.5 Å². The van der Waals surface area contributed by atoms with Crippen LogP contribution in [-0.4, -0.2) is 24.1 Å². The number of halogens is 3. The van der Waals surface area contributed by atoms with E-state index in [1.54, 1.807) is 18.2 Å². The van der Waals surface area contributed by atoms with Gasteiger partial charge in [-0.05, 0) is 24.3 Å². The number of amides is 1. The predicted octanol–water partition coefficient (Wildman–Crippen LogP) is 2.53. The van der Waals surface area contributed by atoms with E-state index >= 15 is 0 Å². The van der Waals surface area contributed by atoms with E-state index in [-0.39, 0.29) is 16.4 Å². The molecule has 1 aromatic carbocycles. The van der Waals surface area contributed by atoms with Crippen LogP contribution in [0.4, 0.5) is 13.2 Å². The molecule has 0 aliphatic rings. The number of benzene rings is 1. The normalized spacial score (nSPS) is 12.1. The van der Waals surface area contributed by atoms with E-state index in [1.807, 2.05) is 0 Å². The van der Waals surface area contributed by atoms with Crippen molar-refractivity contribution in [2.75, 3.05) is 0 Å². The number of hydrogen-bond acceptors (Lipinski definition) is 5. The van der Waals surface area contributed by atoms with E-state index in [1.165, 1.54) is 24.3 Å². The molecule has 0 aliphatic carbocycles. The largest absolute Gasteiger partial charge is 0.434 e. The maximum Gasteiger partial charge on any atom is 0.434 e. The molecule has 0 aliphatic heterocycles. The minimum atomic E-state index is -4.82. The first kappa shape index (κ1) is 20.0. The van der Waals surface area contributed by atoms with Crippen LogP contribution in [0.5, 0.6) is 0 Å². The van der Waals surface area contributed by atoms with Crippen LogP contribution >= 0.6 is 11.3 Å². The summed E-state index contributed by atoms with van der Waals surface area (Å²) in [6, 6.07) is 10.3. The monoisotopic (exact) mass is 430 g/mol. The van der Waals surface area contributed by atoms with Crippen molar-refractivity contribution < 1.29 is 26.4 Å². The number of rotatable bonds is 5. The first-order valence-electron chi connectivity index (χ1n) is 7.68. The van der Waals surface area contributed by atoms with Crippen LogP contribution in [-0.2, 0) is 22.7 Å². The lowest BCUT2D eigenvalue weighted by atomic mass is 10.2. The highest BCUT2D eigenvalue weighted by molar-refractivity contribution is 7.91. The Balaban J connectivity index is 1.86. The van der Waals surface area contributed by atoms with Gasteiger partial charge in [-0.25, -0.2) is 18.2 Å². The zero-order valence-corrected chi connectivity index (χ0v) is 15.6. The number of sulfonamides is 1. The van der Waals surface area contributed by atoms with Crippen molar-refractivity contribution >= 4 is 27.3 Å². The summed E-state index contributed by atoms with van der Waals surface area (Å²) >= 11 is 0.818. The van der Waals surface area contributed by atoms with Crippen LogP contribution in [0.2, 0.25) is 0 Å². The number of aromatic nitrogens is 2. The van der Waals surface area contributed by atoms with Crippen molar-refractivity contribution in [2.45, 2.75) is 16.9 Å². The lowest BCUT2D eigenvalue weighted by Crippen LogP contribution is -2.26. The summed E-state index contributed by atoms with van der Waals surface area (Å²) in [6.45, 7) is -0.160. The predicted molar refractivity (Wildman–Crippen MR) is 95.4 cm³/mol. The molecular weight excluding hydrogens is 417 g/mol. The Bertz CT molecular complexity index is 1110. The highest BCUT2D eigenvalue weighted by Gasteiger charge is 2.40. The Morgan fingerprint density at radius 2 is 1.86 bits per heavy atom. The molecular formula is C16H13F3N4O3S2. The summed E-state index contributed by atoms with van der Waals surface area (Å²) in [4.78, 5) is 12.7. The van der Waals surface area contributed by atoms with Gasteiger partial charge in [-0.15, -0.1) is 11.3 Å². The Labute approximate surface area is 161 Å². The Kier molecular flexibility index (Phi) is 5.28. The number of hydrogen-bond donors (Lipinski definition) is 2. The summed E-state index contributed by atoms with van der Waals surface area (Å²) in [5, 5.41) is 11.0. The number of nitrogens with zero attached hydrogens (tertiary/aromatic N) is 2. The second kappa shape index (κ2) is 7.37. The molecule has 28 heavy (non-hydrogen) atoms. The van der Waals surface area contributed by atoms with Gasteiger partial charge < -0.3 is 5.32 Å². The molecule has 0 spiro atoms. The second-order valence-corrected chi connectivity index (χ2v) is 8.56. The molecule has 7 nitrogen and oxygen atoms in total. The number of alkyl halides is 3. The number of carbonyl (C=O) groups is 1. The lowest BCUT2D eigenvalue weighted by molar-refractivity contribution is -0.143. The first-order valence-corrected chi connectivity index (χ1v) is 10.0. The van der Waals surface area contributed by atoms with Gasteiger partial charge in [-0.3, -0.25) is 4.79 Å². The minimum absolute atomic E-state index is 0.107. The maximum atomic E-state index is 13.6. The quantitative estimate of drug-likeness (QED) is 0.649. The van der Waals surface area contributed by atoms with Gasteiger partial charge in [0.2, 0.25) is 10.0 Å². The Hall–Kier alpha value is -2.70.